The number of nitrogens with one attached hydrogen (secondary N) is 1. The molecule has 3 rings (SSSR count). The number of nitrogens with zero attached hydrogens (tertiary/aromatic N) is 2. The summed E-state index contributed by atoms with van der Waals surface area (Å²) in [5.41, 5.74) is 1.46. The second-order valence-corrected chi connectivity index (χ2v) is 7.93. The Morgan fingerprint density at radius 3 is 2.59 bits per heavy atom. The van der Waals surface area contributed by atoms with Gasteiger partial charge < -0.3 is 10.1 Å². The number of anilines is 2. The number of carbonyl (C=O) groups is 1. The van der Waals surface area contributed by atoms with Crippen molar-refractivity contribution in [3.05, 3.63) is 59.9 Å². The average Bonchev–Trinajstić information content (AvgIpc) is 3.13. The van der Waals surface area contributed by atoms with E-state index in [4.69, 9.17) is 4.74 Å². The van der Waals surface area contributed by atoms with Gasteiger partial charge in [-0.25, -0.2) is 4.39 Å². The number of aromatic nitrogens is 2. The number of benzene rings is 2. The Balaban J connectivity index is 1.42. The molecular formula is C19H18FN3O2S2. The van der Waals surface area contributed by atoms with Gasteiger partial charge in [0, 0.05) is 23.4 Å². The van der Waals surface area contributed by atoms with E-state index in [0.29, 0.717) is 17.1 Å². The van der Waals surface area contributed by atoms with Gasteiger partial charge in [-0.05, 0) is 55.0 Å². The third-order valence-corrected chi connectivity index (χ3v) is 5.75. The van der Waals surface area contributed by atoms with Crippen LogP contribution < -0.4 is 10.1 Å². The largest absolute Gasteiger partial charge is 0.497 e. The van der Waals surface area contributed by atoms with Crippen LogP contribution in [0.5, 0.6) is 5.75 Å². The predicted octanol–water partition coefficient (Wildman–Crippen LogP) is 5.18. The fourth-order valence-electron chi connectivity index (χ4n) is 2.29. The number of ether oxygens (including phenoxy) is 1. The lowest BCUT2D eigenvalue weighted by Gasteiger charge is -2.03. The van der Waals surface area contributed by atoms with Crippen LogP contribution in [0.15, 0.2) is 52.9 Å². The van der Waals surface area contributed by atoms with Gasteiger partial charge in [-0.3, -0.25) is 4.79 Å². The third-order valence-electron chi connectivity index (χ3n) is 3.69. The molecule has 0 radical (unpaired) electrons. The number of hydrogen-bond donors (Lipinski definition) is 1. The molecule has 1 heterocycles. The minimum Gasteiger partial charge on any atom is -0.497 e. The molecule has 8 heteroatoms. The van der Waals surface area contributed by atoms with Crippen molar-refractivity contribution < 1.29 is 13.9 Å². The molecule has 0 aliphatic carbocycles. The number of Topliss-reactive ketones (excluding diaryl/α,β-unsaturated/α-hetero) is 1. The van der Waals surface area contributed by atoms with Crippen LogP contribution >= 0.6 is 23.1 Å². The van der Waals surface area contributed by atoms with Gasteiger partial charge in [-0.2, -0.15) is 0 Å². The summed E-state index contributed by atoms with van der Waals surface area (Å²) < 4.78 is 18.9. The first kappa shape index (κ1) is 19.3. The normalized spacial score (nSPS) is 10.6. The van der Waals surface area contributed by atoms with E-state index in [-0.39, 0.29) is 11.6 Å². The van der Waals surface area contributed by atoms with E-state index < -0.39 is 0 Å². The summed E-state index contributed by atoms with van der Waals surface area (Å²) in [5.74, 6) is 1.25. The second kappa shape index (κ2) is 9.48. The molecule has 2 aromatic carbocycles. The van der Waals surface area contributed by atoms with Crippen molar-refractivity contribution >= 4 is 39.7 Å². The second-order valence-electron chi connectivity index (χ2n) is 5.61. The summed E-state index contributed by atoms with van der Waals surface area (Å²) in [7, 11) is 1.63. The molecule has 0 aliphatic heterocycles. The van der Waals surface area contributed by atoms with Crippen LogP contribution in [0.25, 0.3) is 0 Å². The molecule has 5 nitrogen and oxygen atoms in total. The van der Waals surface area contributed by atoms with Gasteiger partial charge in [-0.1, -0.05) is 23.1 Å². The molecule has 1 aromatic heterocycles. The lowest BCUT2D eigenvalue weighted by Crippen LogP contribution is -1.99. The highest BCUT2D eigenvalue weighted by Crippen LogP contribution is 2.28. The van der Waals surface area contributed by atoms with Gasteiger partial charge in [0.05, 0.1) is 7.11 Å². The minimum absolute atomic E-state index is 0.0229. The van der Waals surface area contributed by atoms with E-state index in [1.807, 2.05) is 24.3 Å². The fraction of sp³-hybridized carbons (Fsp3) is 0.211. The number of thioether (sulfide) groups is 1. The topological polar surface area (TPSA) is 64.1 Å². The average molecular weight is 404 g/mol. The Morgan fingerprint density at radius 1 is 1.15 bits per heavy atom. The molecule has 0 spiro atoms. The van der Waals surface area contributed by atoms with Crippen molar-refractivity contribution in [2.75, 3.05) is 18.2 Å². The predicted molar refractivity (Wildman–Crippen MR) is 107 cm³/mol. The van der Waals surface area contributed by atoms with Gasteiger partial charge >= 0.3 is 0 Å². The van der Waals surface area contributed by atoms with Crippen LogP contribution in [0, 0.1) is 5.82 Å². The molecule has 0 unspecified atom stereocenters. The molecule has 0 amide bonds. The van der Waals surface area contributed by atoms with Crippen LogP contribution in [0.4, 0.5) is 15.2 Å². The van der Waals surface area contributed by atoms with Crippen molar-refractivity contribution in [2.24, 2.45) is 0 Å². The molecule has 0 fully saturated rings. The van der Waals surface area contributed by atoms with Gasteiger partial charge in [0.2, 0.25) is 5.13 Å². The van der Waals surface area contributed by atoms with E-state index in [2.05, 4.69) is 15.5 Å². The monoisotopic (exact) mass is 403 g/mol. The number of rotatable bonds is 9. The summed E-state index contributed by atoms with van der Waals surface area (Å²) in [6.45, 7) is 0. The van der Waals surface area contributed by atoms with Gasteiger partial charge in [0.1, 0.15) is 11.6 Å². The zero-order valence-corrected chi connectivity index (χ0v) is 16.3. The summed E-state index contributed by atoms with van der Waals surface area (Å²) in [4.78, 5) is 12.0. The van der Waals surface area contributed by atoms with E-state index >= 15 is 0 Å². The quantitative estimate of drug-likeness (QED) is 0.302. The molecule has 3 aromatic rings. The number of methoxy groups -OCH3 is 1. The summed E-state index contributed by atoms with van der Waals surface area (Å²) >= 11 is 3.04. The van der Waals surface area contributed by atoms with Gasteiger partial charge in [0.25, 0.3) is 0 Å². The third kappa shape index (κ3) is 5.77. The fourth-order valence-corrected chi connectivity index (χ4v) is 4.07. The molecule has 0 saturated heterocycles. The molecule has 0 bridgehead atoms. The Kier molecular flexibility index (Phi) is 6.78. The Hall–Kier alpha value is -2.45. The highest BCUT2D eigenvalue weighted by molar-refractivity contribution is 8.01. The molecule has 1 N–H and O–H groups in total. The summed E-state index contributed by atoms with van der Waals surface area (Å²) in [6.07, 6.45) is 1.15. The standard InChI is InChI=1S/C19H18FN3O2S2/c1-25-16-10-8-15(9-11-16)21-18-22-23-19(27-18)26-12-2-3-17(24)13-4-6-14(20)7-5-13/h4-11H,2-3,12H2,1H3,(H,21,22). The first-order chi connectivity index (χ1) is 13.1. The maximum absolute atomic E-state index is 12.9. The smallest absolute Gasteiger partial charge is 0.210 e. The number of hydrogen-bond acceptors (Lipinski definition) is 7. The van der Waals surface area contributed by atoms with Crippen molar-refractivity contribution in [3.8, 4) is 5.75 Å². The van der Waals surface area contributed by atoms with Crippen LogP contribution in [-0.4, -0.2) is 28.8 Å². The van der Waals surface area contributed by atoms with Crippen molar-refractivity contribution in [1.29, 1.82) is 0 Å². The Bertz CT molecular complexity index is 883. The molecule has 0 saturated carbocycles. The lowest BCUT2D eigenvalue weighted by atomic mass is 10.1. The first-order valence-electron chi connectivity index (χ1n) is 8.30. The number of ketones is 1. The number of carbonyl (C=O) groups excluding carboxylic acids is 1. The SMILES string of the molecule is COc1ccc(Nc2nnc(SCCCC(=O)c3ccc(F)cc3)s2)cc1. The first-order valence-corrected chi connectivity index (χ1v) is 10.1. The lowest BCUT2D eigenvalue weighted by molar-refractivity contribution is 0.0982. The molecule has 0 aliphatic rings. The van der Waals surface area contributed by atoms with Crippen molar-refractivity contribution in [2.45, 2.75) is 17.2 Å². The molecule has 27 heavy (non-hydrogen) atoms. The zero-order valence-electron chi connectivity index (χ0n) is 14.6. The number of halogens is 1. The zero-order chi connectivity index (χ0) is 19.1. The van der Waals surface area contributed by atoms with E-state index in [9.17, 15) is 9.18 Å². The van der Waals surface area contributed by atoms with Crippen molar-refractivity contribution in [1.82, 2.24) is 10.2 Å². The minimum atomic E-state index is -0.336. The van der Waals surface area contributed by atoms with Crippen LogP contribution in [-0.2, 0) is 0 Å². The Labute approximate surface area is 165 Å². The molecule has 140 valence electrons. The summed E-state index contributed by atoms with van der Waals surface area (Å²) in [5, 5.41) is 12.2. The molecular weight excluding hydrogens is 385 g/mol. The Morgan fingerprint density at radius 2 is 1.89 bits per heavy atom. The van der Waals surface area contributed by atoms with Crippen LogP contribution in [0.2, 0.25) is 0 Å². The maximum atomic E-state index is 12.9. The molecule has 0 atom stereocenters. The van der Waals surface area contributed by atoms with Crippen LogP contribution in [0.1, 0.15) is 23.2 Å². The maximum Gasteiger partial charge on any atom is 0.210 e. The highest BCUT2D eigenvalue weighted by Gasteiger charge is 2.08. The highest BCUT2D eigenvalue weighted by atomic mass is 32.2. The van der Waals surface area contributed by atoms with Crippen LogP contribution in [0.3, 0.4) is 0 Å². The summed E-state index contributed by atoms with van der Waals surface area (Å²) in [6, 6.07) is 13.2. The van der Waals surface area contributed by atoms with Gasteiger partial charge in [0.15, 0.2) is 10.1 Å². The van der Waals surface area contributed by atoms with Gasteiger partial charge in [-0.15, -0.1) is 10.2 Å². The van der Waals surface area contributed by atoms with Crippen molar-refractivity contribution in [3.63, 3.8) is 0 Å². The van der Waals surface area contributed by atoms with E-state index in [1.165, 1.54) is 35.6 Å². The van der Waals surface area contributed by atoms with E-state index in [0.717, 1.165) is 28.0 Å². The van der Waals surface area contributed by atoms with E-state index in [1.54, 1.807) is 18.9 Å².